The molecule has 0 bridgehead atoms. The van der Waals surface area contributed by atoms with E-state index in [0.29, 0.717) is 17.7 Å². The van der Waals surface area contributed by atoms with Crippen LogP contribution in [0.15, 0.2) is 78.9 Å². The Balaban J connectivity index is 1.49. The third kappa shape index (κ3) is 3.56. The Hall–Kier alpha value is -3.33. The van der Waals surface area contributed by atoms with Crippen molar-refractivity contribution in [3.05, 3.63) is 108 Å². The third-order valence-corrected chi connectivity index (χ3v) is 4.87. The third-order valence-electron chi connectivity index (χ3n) is 4.87. The van der Waals surface area contributed by atoms with Crippen molar-refractivity contribution < 1.29 is 9.53 Å². The fourth-order valence-corrected chi connectivity index (χ4v) is 3.41. The van der Waals surface area contributed by atoms with Crippen molar-refractivity contribution in [3.8, 4) is 5.75 Å². The molecule has 4 aromatic rings. The molecule has 1 aromatic heterocycles. The molecule has 0 aliphatic carbocycles. The van der Waals surface area contributed by atoms with Crippen LogP contribution < -0.4 is 4.74 Å². The number of nitrogens with zero attached hydrogens (tertiary/aromatic N) is 1. The van der Waals surface area contributed by atoms with E-state index in [4.69, 9.17) is 11.7 Å². The number of ether oxygens (including phenoxy) is 1. The van der Waals surface area contributed by atoms with E-state index in [2.05, 4.69) is 12.1 Å². The van der Waals surface area contributed by atoms with E-state index in [9.17, 15) is 4.79 Å². The fraction of sp³-hybridized carbons (Fsp3) is 0.120. The topological polar surface area (TPSA) is 31.2 Å². The Morgan fingerprint density at radius 3 is 2.46 bits per heavy atom. The lowest BCUT2D eigenvalue weighted by Gasteiger charge is -2.09. The molecular weight excluding hydrogens is 346 g/mol. The van der Waals surface area contributed by atoms with Crippen molar-refractivity contribution in [1.29, 1.82) is 0 Å². The summed E-state index contributed by atoms with van der Waals surface area (Å²) in [5, 5.41) is 0.897. The first kappa shape index (κ1) is 18.1. The summed E-state index contributed by atoms with van der Waals surface area (Å²) in [6, 6.07) is 25.1. The minimum atomic E-state index is -0.0751. The lowest BCUT2D eigenvalue weighted by molar-refractivity contribution is 0.0963. The molecule has 2 radical (unpaired) electrons. The first-order valence-electron chi connectivity index (χ1n) is 9.31. The molecule has 0 atom stereocenters. The quantitative estimate of drug-likeness (QED) is 0.478. The van der Waals surface area contributed by atoms with Crippen LogP contribution in [0.4, 0.5) is 0 Å². The maximum Gasteiger partial charge on any atom is 0.262 e. The number of rotatable bonds is 5. The van der Waals surface area contributed by atoms with Crippen LogP contribution in [0.5, 0.6) is 5.75 Å². The number of benzene rings is 3. The average Bonchev–Trinajstić information content (AvgIpc) is 3.06. The highest BCUT2D eigenvalue weighted by molar-refractivity contribution is 6.03. The summed E-state index contributed by atoms with van der Waals surface area (Å²) < 4.78 is 7.52. The monoisotopic (exact) mass is 367 g/mol. The normalized spacial score (nSPS) is 10.9. The van der Waals surface area contributed by atoms with Crippen LogP contribution in [-0.4, -0.2) is 17.1 Å². The molecule has 0 amide bonds. The van der Waals surface area contributed by atoms with Crippen LogP contribution in [0.3, 0.4) is 0 Å². The second-order valence-corrected chi connectivity index (χ2v) is 6.81. The Morgan fingerprint density at radius 1 is 0.964 bits per heavy atom. The van der Waals surface area contributed by atoms with Crippen LogP contribution in [0.25, 0.3) is 10.9 Å². The van der Waals surface area contributed by atoms with Crippen molar-refractivity contribution in [2.24, 2.45) is 0 Å². The smallest absolute Gasteiger partial charge is 0.262 e. The van der Waals surface area contributed by atoms with Gasteiger partial charge < -0.3 is 4.74 Å². The van der Waals surface area contributed by atoms with E-state index in [-0.39, 0.29) is 5.91 Å². The van der Waals surface area contributed by atoms with Gasteiger partial charge in [-0.15, -0.1) is 0 Å². The Bertz CT molecular complexity index is 1110. The van der Waals surface area contributed by atoms with Crippen LogP contribution in [0, 0.1) is 13.8 Å². The summed E-state index contributed by atoms with van der Waals surface area (Å²) in [6.45, 7) is 8.55. The molecule has 0 saturated carbocycles. The zero-order valence-corrected chi connectivity index (χ0v) is 15.8. The van der Waals surface area contributed by atoms with Gasteiger partial charge in [-0.25, -0.2) is 0 Å². The number of fused-ring (bicyclic) bond motifs is 1. The van der Waals surface area contributed by atoms with Gasteiger partial charge in [0.1, 0.15) is 5.75 Å². The van der Waals surface area contributed by atoms with Gasteiger partial charge in [-0.3, -0.25) is 9.36 Å². The van der Waals surface area contributed by atoms with Gasteiger partial charge in [0.2, 0.25) is 0 Å². The minimum absolute atomic E-state index is 0.0751. The maximum atomic E-state index is 13.0. The molecule has 28 heavy (non-hydrogen) atoms. The van der Waals surface area contributed by atoms with Crippen molar-refractivity contribution in [2.75, 3.05) is 6.61 Å². The summed E-state index contributed by atoms with van der Waals surface area (Å²) in [7, 11) is 0. The number of aryl methyl sites for hydroxylation is 1. The van der Waals surface area contributed by atoms with E-state index in [1.807, 2.05) is 61.5 Å². The first-order chi connectivity index (χ1) is 13.6. The van der Waals surface area contributed by atoms with Crippen LogP contribution >= 0.6 is 0 Å². The Labute approximate surface area is 165 Å². The molecule has 0 aliphatic heterocycles. The van der Waals surface area contributed by atoms with Gasteiger partial charge in [0.05, 0.1) is 12.1 Å². The summed E-state index contributed by atoms with van der Waals surface area (Å²) in [5.74, 6) is 0.680. The molecule has 0 fully saturated rings. The molecule has 0 aliphatic rings. The summed E-state index contributed by atoms with van der Waals surface area (Å²) >= 11 is 0. The zero-order valence-electron chi connectivity index (χ0n) is 15.8. The van der Waals surface area contributed by atoms with Gasteiger partial charge in [-0.2, -0.15) is 0 Å². The molecule has 4 rings (SSSR count). The molecule has 3 nitrogen and oxygen atoms in total. The molecule has 1 heterocycles. The van der Waals surface area contributed by atoms with Crippen molar-refractivity contribution in [1.82, 2.24) is 4.57 Å². The van der Waals surface area contributed by atoms with Crippen LogP contribution in [0.2, 0.25) is 0 Å². The minimum Gasteiger partial charge on any atom is -0.493 e. The van der Waals surface area contributed by atoms with E-state index >= 15 is 0 Å². The molecule has 138 valence electrons. The van der Waals surface area contributed by atoms with Gasteiger partial charge in [-0.1, -0.05) is 42.5 Å². The van der Waals surface area contributed by atoms with Crippen molar-refractivity contribution in [3.63, 3.8) is 0 Å². The van der Waals surface area contributed by atoms with Crippen LogP contribution in [0.1, 0.15) is 27.2 Å². The molecule has 3 aromatic carbocycles. The molecule has 0 spiro atoms. The highest BCUT2D eigenvalue weighted by atomic mass is 16.5. The van der Waals surface area contributed by atoms with Crippen molar-refractivity contribution in [2.45, 2.75) is 13.3 Å². The van der Waals surface area contributed by atoms with E-state index in [0.717, 1.165) is 28.8 Å². The summed E-state index contributed by atoms with van der Waals surface area (Å²) in [5.41, 5.74) is 4.21. The van der Waals surface area contributed by atoms with Gasteiger partial charge in [0.15, 0.2) is 0 Å². The van der Waals surface area contributed by atoms with Crippen molar-refractivity contribution >= 4 is 16.8 Å². The molecule has 0 saturated heterocycles. The number of hydrogen-bond acceptors (Lipinski definition) is 2. The molecule has 0 unspecified atom stereocenters. The SMILES string of the molecule is [CH]c1cccc2c1cc(C)n2C(=O)c1ccc(OCCc2ccccc2)cc1. The first-order valence-corrected chi connectivity index (χ1v) is 9.31. The van der Waals surface area contributed by atoms with Gasteiger partial charge >= 0.3 is 0 Å². The maximum absolute atomic E-state index is 13.0. The number of carbonyl (C=O) groups is 1. The number of carbonyl (C=O) groups excluding carboxylic acids is 1. The van der Waals surface area contributed by atoms with Gasteiger partial charge in [0, 0.05) is 23.1 Å². The zero-order chi connectivity index (χ0) is 19.5. The predicted molar refractivity (Wildman–Crippen MR) is 112 cm³/mol. The average molecular weight is 367 g/mol. The summed E-state index contributed by atoms with van der Waals surface area (Å²) in [6.07, 6.45) is 0.845. The lowest BCUT2D eigenvalue weighted by Crippen LogP contribution is -2.13. The molecular formula is C25H21NO2. The van der Waals surface area contributed by atoms with Gasteiger partial charge in [0.25, 0.3) is 5.91 Å². The van der Waals surface area contributed by atoms with E-state index < -0.39 is 0 Å². The lowest BCUT2D eigenvalue weighted by atomic mass is 10.1. The fourth-order valence-electron chi connectivity index (χ4n) is 3.41. The second-order valence-electron chi connectivity index (χ2n) is 6.81. The number of aromatic nitrogens is 1. The van der Waals surface area contributed by atoms with E-state index in [1.54, 1.807) is 16.7 Å². The second kappa shape index (κ2) is 7.73. The van der Waals surface area contributed by atoms with Crippen LogP contribution in [-0.2, 0) is 6.42 Å². The Morgan fingerprint density at radius 2 is 1.71 bits per heavy atom. The largest absolute Gasteiger partial charge is 0.493 e. The highest BCUT2D eigenvalue weighted by Crippen LogP contribution is 2.24. The number of hydrogen-bond donors (Lipinski definition) is 0. The summed E-state index contributed by atoms with van der Waals surface area (Å²) in [4.78, 5) is 13.0. The predicted octanol–water partition coefficient (Wildman–Crippen LogP) is 5.32. The highest BCUT2D eigenvalue weighted by Gasteiger charge is 2.15. The molecule has 0 N–H and O–H groups in total. The van der Waals surface area contributed by atoms with E-state index in [1.165, 1.54) is 5.56 Å². The standard InChI is InChI=1S/C25H21NO2/c1-18-7-6-10-24-23(18)17-19(2)26(24)25(27)21-11-13-22(14-12-21)28-16-15-20-8-4-3-5-9-20/h1,3-14,17H,15-16H2,2H3. The Kier molecular flexibility index (Phi) is 4.98. The molecule has 3 heteroatoms. The van der Waals surface area contributed by atoms with Gasteiger partial charge in [-0.05, 0) is 61.4 Å².